The molecule has 206 valence electrons. The Morgan fingerprint density at radius 1 is 0.233 bits per heavy atom. The van der Waals surface area contributed by atoms with Crippen LogP contribution >= 0.6 is 0 Å². The molecule has 0 saturated carbocycles. The molecule has 6 aromatic heterocycles. The molecule has 0 unspecified atom stereocenters. The standard InChI is InChI=1S/3C12H8N2.Ru/c3*1-3-9-5-6-10-4-2-8-14-12(10)11(9)13-7-1;/h3*1-8H;. The van der Waals surface area contributed by atoms with Crippen molar-refractivity contribution in [2.45, 2.75) is 0 Å². The second kappa shape index (κ2) is 12.7. The van der Waals surface area contributed by atoms with Crippen LogP contribution in [-0.4, -0.2) is 29.9 Å². The van der Waals surface area contributed by atoms with E-state index in [1.54, 1.807) is 37.2 Å². The number of fused-ring (bicyclic) bond motifs is 9. The van der Waals surface area contributed by atoms with Crippen LogP contribution in [0.2, 0.25) is 0 Å². The fourth-order valence-corrected chi connectivity index (χ4v) is 5.04. The van der Waals surface area contributed by atoms with E-state index >= 15 is 0 Å². The first-order valence-electron chi connectivity index (χ1n) is 13.6. The Morgan fingerprint density at radius 3 is 0.558 bits per heavy atom. The fraction of sp³-hybridized carbons (Fsp3) is 0. The second-order valence-electron chi connectivity index (χ2n) is 9.65. The molecular weight excluding hydrogens is 618 g/mol. The van der Waals surface area contributed by atoms with Crippen LogP contribution in [0.4, 0.5) is 0 Å². The summed E-state index contributed by atoms with van der Waals surface area (Å²) in [7, 11) is 0. The molecule has 6 heterocycles. The number of aromatic nitrogens is 6. The molecule has 0 atom stereocenters. The smallest absolute Gasteiger partial charge is 0.0964 e. The first kappa shape index (κ1) is 27.9. The molecule has 0 aliphatic carbocycles. The van der Waals surface area contributed by atoms with Gasteiger partial charge in [0.25, 0.3) is 0 Å². The Hall–Kier alpha value is -5.26. The molecule has 0 saturated heterocycles. The van der Waals surface area contributed by atoms with Crippen molar-refractivity contribution in [3.8, 4) is 0 Å². The summed E-state index contributed by atoms with van der Waals surface area (Å²) in [6.07, 6.45) is 10.8. The van der Waals surface area contributed by atoms with Crippen LogP contribution in [0.3, 0.4) is 0 Å². The number of pyridine rings is 6. The summed E-state index contributed by atoms with van der Waals surface area (Å²) in [4.78, 5) is 26.1. The molecule has 0 fully saturated rings. The van der Waals surface area contributed by atoms with E-state index in [9.17, 15) is 0 Å². The molecule has 0 spiro atoms. The van der Waals surface area contributed by atoms with Gasteiger partial charge in [0.15, 0.2) is 0 Å². The summed E-state index contributed by atoms with van der Waals surface area (Å²) in [5, 5.41) is 6.83. The van der Waals surface area contributed by atoms with E-state index in [0.29, 0.717) is 0 Å². The summed E-state index contributed by atoms with van der Waals surface area (Å²) >= 11 is 0. The quantitative estimate of drug-likeness (QED) is 0.122. The number of rotatable bonds is 0. The molecular formula is C36H24N6Ru. The van der Waals surface area contributed by atoms with Gasteiger partial charge in [-0.25, -0.2) is 0 Å². The zero-order chi connectivity index (χ0) is 28.1. The zero-order valence-corrected chi connectivity index (χ0v) is 24.6. The van der Waals surface area contributed by atoms with Gasteiger partial charge in [0, 0.05) is 89.0 Å². The van der Waals surface area contributed by atoms with Crippen LogP contribution in [0, 0.1) is 0 Å². The zero-order valence-electron chi connectivity index (χ0n) is 22.9. The van der Waals surface area contributed by atoms with Crippen LogP contribution in [0.1, 0.15) is 0 Å². The van der Waals surface area contributed by atoms with Gasteiger partial charge in [-0.05, 0) is 36.4 Å². The molecule has 9 rings (SSSR count). The minimum atomic E-state index is 0. The first-order valence-corrected chi connectivity index (χ1v) is 13.6. The Kier molecular flexibility index (Phi) is 8.25. The topological polar surface area (TPSA) is 77.3 Å². The monoisotopic (exact) mass is 642 g/mol. The first-order chi connectivity index (χ1) is 20.8. The van der Waals surface area contributed by atoms with Crippen molar-refractivity contribution in [2.75, 3.05) is 0 Å². The van der Waals surface area contributed by atoms with Gasteiger partial charge in [-0.15, -0.1) is 0 Å². The summed E-state index contributed by atoms with van der Waals surface area (Å²) in [5.74, 6) is 0. The van der Waals surface area contributed by atoms with Gasteiger partial charge >= 0.3 is 0 Å². The SMILES string of the molecule is [Ru].c1cnc2c(c1)ccc1cccnc12.c1cnc2c(c1)ccc1cccnc12.c1cnc2c(c1)ccc1cccnc12. The van der Waals surface area contributed by atoms with Crippen molar-refractivity contribution < 1.29 is 19.5 Å². The normalized spacial score (nSPS) is 10.6. The molecule has 9 aromatic rings. The van der Waals surface area contributed by atoms with Gasteiger partial charge in [-0.2, -0.15) is 0 Å². The van der Waals surface area contributed by atoms with Crippen molar-refractivity contribution in [1.82, 2.24) is 29.9 Å². The van der Waals surface area contributed by atoms with Crippen LogP contribution in [0.15, 0.2) is 146 Å². The maximum atomic E-state index is 4.35. The molecule has 0 amide bonds. The van der Waals surface area contributed by atoms with Crippen LogP contribution in [-0.2, 0) is 19.5 Å². The fourth-order valence-electron chi connectivity index (χ4n) is 5.04. The van der Waals surface area contributed by atoms with E-state index in [0.717, 1.165) is 65.4 Å². The number of hydrogen-bond donors (Lipinski definition) is 0. The van der Waals surface area contributed by atoms with Gasteiger partial charge in [0.2, 0.25) is 0 Å². The summed E-state index contributed by atoms with van der Waals surface area (Å²) in [6, 6.07) is 36.4. The molecule has 0 aliphatic rings. The van der Waals surface area contributed by atoms with E-state index < -0.39 is 0 Å². The predicted octanol–water partition coefficient (Wildman–Crippen LogP) is 8.35. The van der Waals surface area contributed by atoms with Crippen molar-refractivity contribution in [3.05, 3.63) is 146 Å². The third-order valence-electron chi connectivity index (χ3n) is 7.03. The third-order valence-corrected chi connectivity index (χ3v) is 7.03. The second-order valence-corrected chi connectivity index (χ2v) is 9.65. The van der Waals surface area contributed by atoms with Gasteiger partial charge in [-0.1, -0.05) is 72.8 Å². The molecule has 0 bridgehead atoms. The summed E-state index contributed by atoms with van der Waals surface area (Å²) in [5.41, 5.74) is 5.86. The third kappa shape index (κ3) is 5.76. The minimum absolute atomic E-state index is 0. The van der Waals surface area contributed by atoms with Crippen molar-refractivity contribution in [2.24, 2.45) is 0 Å². The van der Waals surface area contributed by atoms with Crippen LogP contribution in [0.25, 0.3) is 65.4 Å². The summed E-state index contributed by atoms with van der Waals surface area (Å²) < 4.78 is 0. The molecule has 7 heteroatoms. The molecule has 3 aromatic carbocycles. The van der Waals surface area contributed by atoms with Gasteiger partial charge in [-0.3, -0.25) is 29.9 Å². The summed E-state index contributed by atoms with van der Waals surface area (Å²) in [6.45, 7) is 0. The van der Waals surface area contributed by atoms with Gasteiger partial charge < -0.3 is 0 Å². The minimum Gasteiger partial charge on any atom is -0.254 e. The molecule has 43 heavy (non-hydrogen) atoms. The average Bonchev–Trinajstić information content (AvgIpc) is 3.09. The largest absolute Gasteiger partial charge is 0.254 e. The van der Waals surface area contributed by atoms with Crippen LogP contribution < -0.4 is 0 Å². The van der Waals surface area contributed by atoms with Gasteiger partial charge in [0.1, 0.15) is 0 Å². The Labute approximate surface area is 260 Å². The predicted molar refractivity (Wildman–Crippen MR) is 171 cm³/mol. The van der Waals surface area contributed by atoms with E-state index in [1.165, 1.54) is 0 Å². The average molecular weight is 642 g/mol. The number of nitrogens with zero attached hydrogens (tertiary/aromatic N) is 6. The Balaban J connectivity index is 0.000000113. The molecule has 0 radical (unpaired) electrons. The Bertz CT molecular complexity index is 1910. The van der Waals surface area contributed by atoms with Crippen molar-refractivity contribution in [3.63, 3.8) is 0 Å². The Morgan fingerprint density at radius 2 is 0.395 bits per heavy atom. The maximum absolute atomic E-state index is 4.35. The van der Waals surface area contributed by atoms with E-state index in [-0.39, 0.29) is 19.5 Å². The van der Waals surface area contributed by atoms with Crippen molar-refractivity contribution in [1.29, 1.82) is 0 Å². The molecule has 0 aliphatic heterocycles. The van der Waals surface area contributed by atoms with E-state index in [2.05, 4.69) is 103 Å². The van der Waals surface area contributed by atoms with Crippen molar-refractivity contribution >= 4 is 65.4 Å². The van der Waals surface area contributed by atoms with Crippen LogP contribution in [0.5, 0.6) is 0 Å². The molecule has 0 N–H and O–H groups in total. The number of benzene rings is 3. The van der Waals surface area contributed by atoms with Gasteiger partial charge in [0.05, 0.1) is 33.1 Å². The number of hydrogen-bond acceptors (Lipinski definition) is 6. The van der Waals surface area contributed by atoms with E-state index in [4.69, 9.17) is 0 Å². The van der Waals surface area contributed by atoms with E-state index in [1.807, 2.05) is 36.4 Å². The molecule has 6 nitrogen and oxygen atoms in total. The maximum Gasteiger partial charge on any atom is 0.0964 e.